The molecule has 4 nitrogen and oxygen atoms in total. The molecule has 2 atom stereocenters. The smallest absolute Gasteiger partial charge is 0.232 e. The van der Waals surface area contributed by atoms with Crippen molar-refractivity contribution >= 4 is 33.0 Å². The highest BCUT2D eigenvalue weighted by Crippen LogP contribution is 2.40. The third-order valence-electron chi connectivity index (χ3n) is 3.96. The van der Waals surface area contributed by atoms with Gasteiger partial charge < -0.3 is 0 Å². The van der Waals surface area contributed by atoms with E-state index in [0.29, 0.717) is 12.5 Å². The van der Waals surface area contributed by atoms with Crippen LogP contribution in [0.25, 0.3) is 0 Å². The molecular formula is C11H15ClN2O2S2. The van der Waals surface area contributed by atoms with Crippen LogP contribution in [0.15, 0.2) is 10.4 Å². The van der Waals surface area contributed by atoms with Crippen LogP contribution in [-0.2, 0) is 10.0 Å². The van der Waals surface area contributed by atoms with E-state index in [1.165, 1.54) is 19.0 Å². The first-order valence-corrected chi connectivity index (χ1v) is 8.85. The number of piperidine rings is 1. The van der Waals surface area contributed by atoms with E-state index in [-0.39, 0.29) is 14.7 Å². The Hall–Kier alpha value is -0.170. The maximum atomic E-state index is 12.6. The van der Waals surface area contributed by atoms with Gasteiger partial charge in [-0.25, -0.2) is 13.4 Å². The van der Waals surface area contributed by atoms with E-state index in [9.17, 15) is 8.42 Å². The lowest BCUT2D eigenvalue weighted by Gasteiger charge is -2.36. The number of rotatable bonds is 2. The lowest BCUT2D eigenvalue weighted by molar-refractivity contribution is 0.202. The Morgan fingerprint density at radius 3 is 2.83 bits per heavy atom. The molecule has 3 rings (SSSR count). The molecular weight excluding hydrogens is 292 g/mol. The zero-order chi connectivity index (χ0) is 12.8. The normalized spacial score (nSPS) is 29.4. The third-order valence-corrected chi connectivity index (χ3v) is 7.44. The number of halogens is 1. The van der Waals surface area contributed by atoms with E-state index in [1.807, 2.05) is 0 Å². The van der Waals surface area contributed by atoms with Crippen LogP contribution in [-0.4, -0.2) is 30.3 Å². The summed E-state index contributed by atoms with van der Waals surface area (Å²) in [5, 5.41) is 0. The average molecular weight is 307 g/mol. The summed E-state index contributed by atoms with van der Waals surface area (Å²) < 4.78 is 27.4. The van der Waals surface area contributed by atoms with Crippen molar-refractivity contribution in [2.24, 2.45) is 5.92 Å². The Labute approximate surface area is 116 Å². The molecule has 0 amide bonds. The second kappa shape index (κ2) is 4.74. The molecule has 0 aromatic carbocycles. The minimum atomic E-state index is -3.39. The van der Waals surface area contributed by atoms with Crippen LogP contribution in [0.2, 0.25) is 4.47 Å². The van der Waals surface area contributed by atoms with Crippen molar-refractivity contribution in [3.05, 3.63) is 10.7 Å². The lowest BCUT2D eigenvalue weighted by Crippen LogP contribution is -2.45. The Morgan fingerprint density at radius 1 is 1.33 bits per heavy atom. The summed E-state index contributed by atoms with van der Waals surface area (Å²) >= 11 is 6.79. The molecule has 1 aliphatic heterocycles. The molecule has 1 saturated heterocycles. The fourth-order valence-corrected chi connectivity index (χ4v) is 6.36. The van der Waals surface area contributed by atoms with Gasteiger partial charge >= 0.3 is 0 Å². The summed E-state index contributed by atoms with van der Waals surface area (Å²) in [5.41, 5.74) is 0. The summed E-state index contributed by atoms with van der Waals surface area (Å²) in [6.45, 7) is 0.638. The van der Waals surface area contributed by atoms with E-state index < -0.39 is 10.0 Å². The van der Waals surface area contributed by atoms with Crippen LogP contribution in [0, 0.1) is 5.92 Å². The summed E-state index contributed by atoms with van der Waals surface area (Å²) in [7, 11) is -3.39. The van der Waals surface area contributed by atoms with Crippen LogP contribution in [0.3, 0.4) is 0 Å². The van der Waals surface area contributed by atoms with E-state index in [1.54, 1.807) is 4.31 Å². The van der Waals surface area contributed by atoms with Crippen molar-refractivity contribution in [3.63, 3.8) is 0 Å². The SMILES string of the molecule is O=S(=O)(c1cnc(Cl)s1)N1CCCC2CCCC21. The summed E-state index contributed by atoms with van der Waals surface area (Å²) in [6.07, 6.45) is 6.81. The molecule has 1 saturated carbocycles. The van der Waals surface area contributed by atoms with E-state index >= 15 is 0 Å². The molecule has 0 spiro atoms. The summed E-state index contributed by atoms with van der Waals surface area (Å²) in [4.78, 5) is 3.84. The first kappa shape index (κ1) is 12.8. The highest BCUT2D eigenvalue weighted by atomic mass is 35.5. The summed E-state index contributed by atoms with van der Waals surface area (Å²) in [5.74, 6) is 0.553. The zero-order valence-corrected chi connectivity index (χ0v) is 12.3. The lowest BCUT2D eigenvalue weighted by atomic mass is 9.94. The van der Waals surface area contributed by atoms with E-state index in [2.05, 4.69) is 4.98 Å². The van der Waals surface area contributed by atoms with Gasteiger partial charge in [-0.15, -0.1) is 0 Å². The van der Waals surface area contributed by atoms with Gasteiger partial charge in [-0.05, 0) is 31.6 Å². The predicted octanol–water partition coefficient (Wildman–Crippen LogP) is 2.75. The van der Waals surface area contributed by atoms with Crippen molar-refractivity contribution in [1.29, 1.82) is 0 Å². The Bertz CT molecular complexity index is 543. The molecule has 1 aromatic heterocycles. The predicted molar refractivity (Wildman–Crippen MR) is 71.4 cm³/mol. The topological polar surface area (TPSA) is 50.3 Å². The standard InChI is InChI=1S/C11H15ClN2O2S2/c12-11-13-7-10(17-11)18(15,16)14-6-2-4-8-3-1-5-9(8)14/h7-9H,1-6H2. The second-order valence-corrected chi connectivity index (χ2v) is 8.68. The van der Waals surface area contributed by atoms with Crippen molar-refractivity contribution < 1.29 is 8.42 Å². The van der Waals surface area contributed by atoms with E-state index in [0.717, 1.165) is 30.6 Å². The monoisotopic (exact) mass is 306 g/mol. The molecule has 18 heavy (non-hydrogen) atoms. The average Bonchev–Trinajstić information content (AvgIpc) is 2.96. The maximum Gasteiger partial charge on any atom is 0.254 e. The van der Waals surface area contributed by atoms with Crippen LogP contribution in [0.4, 0.5) is 0 Å². The van der Waals surface area contributed by atoms with Crippen LogP contribution >= 0.6 is 22.9 Å². The fraction of sp³-hybridized carbons (Fsp3) is 0.727. The Balaban J connectivity index is 1.93. The Morgan fingerprint density at radius 2 is 2.11 bits per heavy atom. The van der Waals surface area contributed by atoms with Gasteiger partial charge in [-0.3, -0.25) is 0 Å². The van der Waals surface area contributed by atoms with E-state index in [4.69, 9.17) is 11.6 Å². The first-order chi connectivity index (χ1) is 8.59. The van der Waals surface area contributed by atoms with Gasteiger partial charge in [0.05, 0.1) is 6.20 Å². The largest absolute Gasteiger partial charge is 0.254 e. The number of fused-ring (bicyclic) bond motifs is 1. The fourth-order valence-electron chi connectivity index (χ4n) is 3.18. The number of nitrogens with zero attached hydrogens (tertiary/aromatic N) is 2. The minimum Gasteiger partial charge on any atom is -0.232 e. The van der Waals surface area contributed by atoms with Gasteiger partial charge in [-0.2, -0.15) is 4.31 Å². The highest BCUT2D eigenvalue weighted by Gasteiger charge is 2.41. The molecule has 0 radical (unpaired) electrons. The molecule has 0 N–H and O–H groups in total. The van der Waals surface area contributed by atoms with Gasteiger partial charge in [0.2, 0.25) is 0 Å². The molecule has 2 unspecified atom stereocenters. The molecule has 0 bridgehead atoms. The van der Waals surface area contributed by atoms with Crippen LogP contribution in [0.5, 0.6) is 0 Å². The second-order valence-electron chi connectivity index (χ2n) is 4.95. The molecule has 2 aliphatic rings. The van der Waals surface area contributed by atoms with Crippen molar-refractivity contribution in [2.45, 2.75) is 42.4 Å². The van der Waals surface area contributed by atoms with Crippen molar-refractivity contribution in [1.82, 2.24) is 9.29 Å². The van der Waals surface area contributed by atoms with Gasteiger partial charge in [0.1, 0.15) is 0 Å². The van der Waals surface area contributed by atoms with Gasteiger partial charge in [0.15, 0.2) is 8.68 Å². The Kier molecular flexibility index (Phi) is 3.38. The van der Waals surface area contributed by atoms with Crippen molar-refractivity contribution in [3.8, 4) is 0 Å². The number of thiazole rings is 1. The number of aromatic nitrogens is 1. The number of hydrogen-bond donors (Lipinski definition) is 0. The summed E-state index contributed by atoms with van der Waals surface area (Å²) in [6, 6.07) is 0.199. The number of sulfonamides is 1. The van der Waals surface area contributed by atoms with Gasteiger partial charge in [0, 0.05) is 12.6 Å². The van der Waals surface area contributed by atoms with Crippen molar-refractivity contribution in [2.75, 3.05) is 6.54 Å². The minimum absolute atomic E-state index is 0.199. The van der Waals surface area contributed by atoms with Gasteiger partial charge in [-0.1, -0.05) is 29.4 Å². The van der Waals surface area contributed by atoms with Crippen LogP contribution in [0.1, 0.15) is 32.1 Å². The molecule has 2 fully saturated rings. The zero-order valence-electron chi connectivity index (χ0n) is 9.88. The quantitative estimate of drug-likeness (QED) is 0.844. The molecule has 1 aliphatic carbocycles. The van der Waals surface area contributed by atoms with Crippen LogP contribution < -0.4 is 0 Å². The maximum absolute atomic E-state index is 12.6. The third kappa shape index (κ3) is 2.09. The highest BCUT2D eigenvalue weighted by molar-refractivity contribution is 7.91. The molecule has 1 aromatic rings. The molecule has 100 valence electrons. The first-order valence-electron chi connectivity index (χ1n) is 6.22. The number of hydrogen-bond acceptors (Lipinski definition) is 4. The van der Waals surface area contributed by atoms with Gasteiger partial charge in [0.25, 0.3) is 10.0 Å². The molecule has 7 heteroatoms. The molecule has 2 heterocycles.